The molecule has 1 N–H and O–H groups in total. The first-order valence-electron chi connectivity index (χ1n) is 4.96. The van der Waals surface area contributed by atoms with Crippen molar-refractivity contribution in [1.82, 2.24) is 4.98 Å². The van der Waals surface area contributed by atoms with Crippen LogP contribution in [0.5, 0.6) is 0 Å². The molecule has 1 heterocycles. The molecule has 0 saturated heterocycles. The Morgan fingerprint density at radius 3 is 2.19 bits per heavy atom. The Morgan fingerprint density at radius 1 is 1.19 bits per heavy atom. The standard InChI is InChI=1S/C11H15F3N2/c1-10(2,3)8-4-5-9(15-6-8)16-7-11(12,13)14/h4-6H,7H2,1-3H3,(H,15,16). The quantitative estimate of drug-likeness (QED) is 0.845. The fourth-order valence-electron chi connectivity index (χ4n) is 1.13. The number of nitrogens with zero attached hydrogens (tertiary/aromatic N) is 1. The van der Waals surface area contributed by atoms with Crippen LogP contribution in [0.4, 0.5) is 19.0 Å². The zero-order valence-electron chi connectivity index (χ0n) is 9.52. The van der Waals surface area contributed by atoms with E-state index in [0.29, 0.717) is 0 Å². The molecule has 1 rings (SSSR count). The molecular weight excluding hydrogens is 217 g/mol. The van der Waals surface area contributed by atoms with E-state index in [4.69, 9.17) is 0 Å². The van der Waals surface area contributed by atoms with Gasteiger partial charge >= 0.3 is 6.18 Å². The molecule has 0 unspecified atom stereocenters. The second kappa shape index (κ2) is 4.31. The smallest absolute Gasteiger partial charge is 0.361 e. The van der Waals surface area contributed by atoms with Crippen molar-refractivity contribution >= 4 is 5.82 Å². The van der Waals surface area contributed by atoms with E-state index in [9.17, 15) is 13.2 Å². The molecular formula is C11H15F3N2. The van der Waals surface area contributed by atoms with Crippen LogP contribution in [-0.4, -0.2) is 17.7 Å². The third-order valence-electron chi connectivity index (χ3n) is 2.10. The Kier molecular flexibility index (Phi) is 3.45. The molecule has 16 heavy (non-hydrogen) atoms. The summed E-state index contributed by atoms with van der Waals surface area (Å²) in [5.41, 5.74) is 0.945. The van der Waals surface area contributed by atoms with Gasteiger partial charge in [0.1, 0.15) is 12.4 Å². The first-order chi connectivity index (χ1) is 7.18. The molecule has 0 aliphatic rings. The van der Waals surface area contributed by atoms with Crippen molar-refractivity contribution in [1.29, 1.82) is 0 Å². The zero-order chi connectivity index (χ0) is 12.4. The van der Waals surface area contributed by atoms with Crippen molar-refractivity contribution in [2.75, 3.05) is 11.9 Å². The lowest BCUT2D eigenvalue weighted by Gasteiger charge is -2.18. The summed E-state index contributed by atoms with van der Waals surface area (Å²) in [6.45, 7) is 5.00. The Labute approximate surface area is 92.9 Å². The van der Waals surface area contributed by atoms with Crippen molar-refractivity contribution in [2.24, 2.45) is 0 Å². The van der Waals surface area contributed by atoms with E-state index in [-0.39, 0.29) is 11.2 Å². The molecule has 0 aliphatic carbocycles. The fraction of sp³-hybridized carbons (Fsp3) is 0.545. The summed E-state index contributed by atoms with van der Waals surface area (Å²) in [7, 11) is 0. The number of alkyl halides is 3. The number of aromatic nitrogens is 1. The minimum absolute atomic E-state index is 0.0461. The maximum atomic E-state index is 11.9. The van der Waals surface area contributed by atoms with Crippen molar-refractivity contribution < 1.29 is 13.2 Å². The fourth-order valence-corrected chi connectivity index (χ4v) is 1.13. The SMILES string of the molecule is CC(C)(C)c1ccc(NCC(F)(F)F)nc1. The van der Waals surface area contributed by atoms with Gasteiger partial charge in [0.15, 0.2) is 0 Å². The van der Waals surface area contributed by atoms with Crippen LogP contribution in [0, 0.1) is 0 Å². The first-order valence-corrected chi connectivity index (χ1v) is 4.96. The molecule has 5 heteroatoms. The van der Waals surface area contributed by atoms with E-state index in [0.717, 1.165) is 5.56 Å². The van der Waals surface area contributed by atoms with Crippen molar-refractivity contribution in [3.8, 4) is 0 Å². The number of rotatable bonds is 2. The molecule has 1 aromatic heterocycles. The molecule has 0 aromatic carbocycles. The van der Waals surface area contributed by atoms with E-state index >= 15 is 0 Å². The topological polar surface area (TPSA) is 24.9 Å². The number of pyridine rings is 1. The summed E-state index contributed by atoms with van der Waals surface area (Å²) in [5.74, 6) is 0.241. The highest BCUT2D eigenvalue weighted by molar-refractivity contribution is 5.37. The van der Waals surface area contributed by atoms with E-state index in [1.807, 2.05) is 20.8 Å². The number of halogens is 3. The lowest BCUT2D eigenvalue weighted by molar-refractivity contribution is -0.115. The van der Waals surface area contributed by atoms with Gasteiger partial charge in [0.05, 0.1) is 0 Å². The van der Waals surface area contributed by atoms with Crippen molar-refractivity contribution in [3.63, 3.8) is 0 Å². The van der Waals surface area contributed by atoms with Crippen LogP contribution in [-0.2, 0) is 5.41 Å². The number of hydrogen-bond donors (Lipinski definition) is 1. The van der Waals surface area contributed by atoms with Crippen molar-refractivity contribution in [3.05, 3.63) is 23.9 Å². The van der Waals surface area contributed by atoms with Crippen LogP contribution in [0.25, 0.3) is 0 Å². The Hall–Kier alpha value is -1.26. The molecule has 0 aliphatic heterocycles. The highest BCUT2D eigenvalue weighted by Crippen LogP contribution is 2.22. The van der Waals surface area contributed by atoms with Gasteiger partial charge in [0.2, 0.25) is 0 Å². The number of nitrogens with one attached hydrogen (secondary N) is 1. The molecule has 1 aromatic rings. The van der Waals surface area contributed by atoms with Gasteiger partial charge in [0, 0.05) is 6.20 Å². The molecule has 0 atom stereocenters. The van der Waals surface area contributed by atoms with E-state index in [2.05, 4.69) is 10.3 Å². The second-order valence-electron chi connectivity index (χ2n) is 4.65. The Bertz CT molecular complexity index is 336. The van der Waals surface area contributed by atoms with Crippen LogP contribution >= 0.6 is 0 Å². The predicted molar refractivity (Wildman–Crippen MR) is 57.5 cm³/mol. The van der Waals surface area contributed by atoms with Crippen molar-refractivity contribution in [2.45, 2.75) is 32.4 Å². The summed E-state index contributed by atoms with van der Waals surface area (Å²) in [6, 6.07) is 3.35. The van der Waals surface area contributed by atoms with Gasteiger partial charge in [-0.3, -0.25) is 0 Å². The minimum Gasteiger partial charge on any atom is -0.361 e. The summed E-state index contributed by atoms with van der Waals surface area (Å²) in [5, 5.41) is 2.23. The van der Waals surface area contributed by atoms with Gasteiger partial charge in [-0.05, 0) is 17.0 Å². The monoisotopic (exact) mass is 232 g/mol. The maximum Gasteiger partial charge on any atom is 0.405 e. The highest BCUT2D eigenvalue weighted by atomic mass is 19.4. The molecule has 0 spiro atoms. The largest absolute Gasteiger partial charge is 0.405 e. The molecule has 0 amide bonds. The molecule has 0 radical (unpaired) electrons. The van der Waals surface area contributed by atoms with Gasteiger partial charge in [-0.1, -0.05) is 26.8 Å². The maximum absolute atomic E-state index is 11.9. The lowest BCUT2D eigenvalue weighted by atomic mass is 9.88. The van der Waals surface area contributed by atoms with E-state index in [1.165, 1.54) is 0 Å². The summed E-state index contributed by atoms with van der Waals surface area (Å²) in [4.78, 5) is 3.94. The van der Waals surface area contributed by atoms with Crippen LogP contribution in [0.2, 0.25) is 0 Å². The van der Waals surface area contributed by atoms with E-state index < -0.39 is 12.7 Å². The van der Waals surface area contributed by atoms with Crippen LogP contribution in [0.3, 0.4) is 0 Å². The van der Waals surface area contributed by atoms with Crippen LogP contribution < -0.4 is 5.32 Å². The van der Waals surface area contributed by atoms with E-state index in [1.54, 1.807) is 18.3 Å². The molecule has 0 bridgehead atoms. The Morgan fingerprint density at radius 2 is 1.81 bits per heavy atom. The average Bonchev–Trinajstić information content (AvgIpc) is 2.13. The first kappa shape index (κ1) is 12.8. The Balaban J connectivity index is 2.66. The minimum atomic E-state index is -4.22. The van der Waals surface area contributed by atoms with Crippen LogP contribution in [0.15, 0.2) is 18.3 Å². The summed E-state index contributed by atoms with van der Waals surface area (Å²) >= 11 is 0. The molecule has 0 saturated carbocycles. The van der Waals surface area contributed by atoms with Gasteiger partial charge in [-0.15, -0.1) is 0 Å². The number of hydrogen-bond acceptors (Lipinski definition) is 2. The average molecular weight is 232 g/mol. The highest BCUT2D eigenvalue weighted by Gasteiger charge is 2.26. The summed E-state index contributed by atoms with van der Waals surface area (Å²) in [6.07, 6.45) is -2.62. The van der Waals surface area contributed by atoms with Gasteiger partial charge < -0.3 is 5.32 Å². The molecule has 0 fully saturated rings. The van der Waals surface area contributed by atoms with Gasteiger partial charge in [-0.25, -0.2) is 4.98 Å². The van der Waals surface area contributed by atoms with Gasteiger partial charge in [0.25, 0.3) is 0 Å². The third-order valence-corrected chi connectivity index (χ3v) is 2.10. The second-order valence-corrected chi connectivity index (χ2v) is 4.65. The summed E-state index contributed by atoms with van der Waals surface area (Å²) < 4.78 is 35.8. The normalized spacial score (nSPS) is 12.6. The third kappa shape index (κ3) is 4.08. The predicted octanol–water partition coefficient (Wildman–Crippen LogP) is 3.35. The molecule has 2 nitrogen and oxygen atoms in total. The molecule has 90 valence electrons. The zero-order valence-corrected chi connectivity index (χ0v) is 9.52. The van der Waals surface area contributed by atoms with Gasteiger partial charge in [-0.2, -0.15) is 13.2 Å². The lowest BCUT2D eigenvalue weighted by Crippen LogP contribution is -2.22. The van der Waals surface area contributed by atoms with Crippen LogP contribution in [0.1, 0.15) is 26.3 Å². The number of anilines is 1.